The maximum atomic E-state index is 5.18. The number of benzene rings is 2. The van der Waals surface area contributed by atoms with Crippen molar-refractivity contribution in [2.45, 2.75) is 6.54 Å². The first-order valence-electron chi connectivity index (χ1n) is 7.16. The molecule has 23 heavy (non-hydrogen) atoms. The SMILES string of the molecule is COc1ccc(Cn2nc3c(Br)nc4ccccc4c3n2)cc1. The largest absolute Gasteiger partial charge is 0.497 e. The molecule has 0 bridgehead atoms. The predicted molar refractivity (Wildman–Crippen MR) is 92.6 cm³/mol. The van der Waals surface area contributed by atoms with Gasteiger partial charge in [0.05, 0.1) is 19.2 Å². The van der Waals surface area contributed by atoms with Crippen molar-refractivity contribution in [3.63, 3.8) is 0 Å². The third kappa shape index (κ3) is 2.55. The fourth-order valence-electron chi connectivity index (χ4n) is 2.56. The van der Waals surface area contributed by atoms with Crippen molar-refractivity contribution in [1.29, 1.82) is 0 Å². The van der Waals surface area contributed by atoms with Gasteiger partial charge in [-0.1, -0.05) is 30.3 Å². The molecule has 0 fully saturated rings. The molecule has 6 heteroatoms. The number of fused-ring (bicyclic) bond motifs is 3. The molecular weight excluding hydrogens is 356 g/mol. The van der Waals surface area contributed by atoms with Gasteiger partial charge in [0, 0.05) is 5.39 Å². The summed E-state index contributed by atoms with van der Waals surface area (Å²) in [5.41, 5.74) is 3.65. The summed E-state index contributed by atoms with van der Waals surface area (Å²) in [6, 6.07) is 15.8. The summed E-state index contributed by atoms with van der Waals surface area (Å²) in [7, 11) is 1.66. The molecular formula is C17H13BrN4O. The molecule has 4 aromatic rings. The van der Waals surface area contributed by atoms with Gasteiger partial charge < -0.3 is 4.74 Å². The molecule has 2 aromatic heterocycles. The Bertz CT molecular complexity index is 995. The predicted octanol–water partition coefficient (Wildman–Crippen LogP) is 3.80. The van der Waals surface area contributed by atoms with Crippen molar-refractivity contribution in [3.8, 4) is 5.75 Å². The number of hydrogen-bond acceptors (Lipinski definition) is 4. The summed E-state index contributed by atoms with van der Waals surface area (Å²) in [6.07, 6.45) is 0. The van der Waals surface area contributed by atoms with Crippen molar-refractivity contribution in [2.75, 3.05) is 7.11 Å². The Hall–Kier alpha value is -2.47. The highest BCUT2D eigenvalue weighted by Crippen LogP contribution is 2.26. The van der Waals surface area contributed by atoms with Crippen LogP contribution in [0, 0.1) is 0 Å². The van der Waals surface area contributed by atoms with Gasteiger partial charge in [-0.15, -0.1) is 0 Å². The van der Waals surface area contributed by atoms with Gasteiger partial charge in [0.25, 0.3) is 0 Å². The molecule has 2 aromatic carbocycles. The Morgan fingerprint density at radius 1 is 1.00 bits per heavy atom. The van der Waals surface area contributed by atoms with E-state index >= 15 is 0 Å². The second-order valence-electron chi connectivity index (χ2n) is 5.20. The van der Waals surface area contributed by atoms with Crippen molar-refractivity contribution < 1.29 is 4.74 Å². The number of methoxy groups -OCH3 is 1. The van der Waals surface area contributed by atoms with E-state index in [0.29, 0.717) is 11.1 Å². The Balaban J connectivity index is 1.78. The van der Waals surface area contributed by atoms with Crippen LogP contribution in [0.1, 0.15) is 5.56 Å². The monoisotopic (exact) mass is 368 g/mol. The van der Waals surface area contributed by atoms with Crippen molar-refractivity contribution in [1.82, 2.24) is 20.0 Å². The van der Waals surface area contributed by atoms with Crippen LogP contribution in [0.25, 0.3) is 21.9 Å². The summed E-state index contributed by atoms with van der Waals surface area (Å²) in [4.78, 5) is 6.23. The second-order valence-corrected chi connectivity index (χ2v) is 5.95. The van der Waals surface area contributed by atoms with Crippen LogP contribution < -0.4 is 4.74 Å². The van der Waals surface area contributed by atoms with Crippen molar-refractivity contribution in [3.05, 3.63) is 58.7 Å². The average Bonchev–Trinajstić information content (AvgIpc) is 3.00. The molecule has 0 atom stereocenters. The molecule has 4 rings (SSSR count). The zero-order valence-electron chi connectivity index (χ0n) is 12.4. The van der Waals surface area contributed by atoms with Gasteiger partial charge >= 0.3 is 0 Å². The van der Waals surface area contributed by atoms with E-state index < -0.39 is 0 Å². The van der Waals surface area contributed by atoms with E-state index in [9.17, 15) is 0 Å². The van der Waals surface area contributed by atoms with E-state index in [1.54, 1.807) is 11.9 Å². The molecule has 2 heterocycles. The molecule has 0 spiro atoms. The third-order valence-electron chi connectivity index (χ3n) is 3.71. The quantitative estimate of drug-likeness (QED) is 0.516. The number of halogens is 1. The van der Waals surface area contributed by atoms with E-state index in [2.05, 4.69) is 31.1 Å². The van der Waals surface area contributed by atoms with Gasteiger partial charge in [0.2, 0.25) is 0 Å². The fraction of sp³-hybridized carbons (Fsp3) is 0.118. The molecule has 5 nitrogen and oxygen atoms in total. The Labute approximate surface area is 141 Å². The van der Waals surface area contributed by atoms with Crippen LogP contribution in [-0.4, -0.2) is 27.1 Å². The third-order valence-corrected chi connectivity index (χ3v) is 4.26. The van der Waals surface area contributed by atoms with E-state index in [4.69, 9.17) is 4.74 Å². The average molecular weight is 369 g/mol. The summed E-state index contributed by atoms with van der Waals surface area (Å²) in [5, 5.41) is 10.2. The van der Waals surface area contributed by atoms with Crippen LogP contribution in [0.3, 0.4) is 0 Å². The Morgan fingerprint density at radius 3 is 2.52 bits per heavy atom. The summed E-state index contributed by atoms with van der Waals surface area (Å²) >= 11 is 3.49. The van der Waals surface area contributed by atoms with Crippen molar-refractivity contribution in [2.24, 2.45) is 0 Å². The lowest BCUT2D eigenvalue weighted by molar-refractivity contribution is 0.414. The molecule has 0 aliphatic rings. The number of rotatable bonds is 3. The minimum Gasteiger partial charge on any atom is -0.497 e. The number of pyridine rings is 1. The molecule has 0 radical (unpaired) electrons. The van der Waals surface area contributed by atoms with Gasteiger partial charge in [-0.05, 0) is 39.7 Å². The first-order valence-corrected chi connectivity index (χ1v) is 7.96. The van der Waals surface area contributed by atoms with E-state index in [1.165, 1.54) is 0 Å². The van der Waals surface area contributed by atoms with Gasteiger partial charge in [-0.2, -0.15) is 15.0 Å². The topological polar surface area (TPSA) is 52.8 Å². The minimum absolute atomic E-state index is 0.597. The number of hydrogen-bond donors (Lipinski definition) is 0. The lowest BCUT2D eigenvalue weighted by atomic mass is 10.2. The standard InChI is InChI=1S/C17H13BrN4O/c1-23-12-8-6-11(7-9-12)10-22-20-15-13-4-2-3-5-14(13)19-17(18)16(15)21-22/h2-9H,10H2,1H3. The van der Waals surface area contributed by atoms with Gasteiger partial charge in [-0.25, -0.2) is 4.98 Å². The first-order chi connectivity index (χ1) is 11.2. The molecule has 0 aliphatic heterocycles. The lowest BCUT2D eigenvalue weighted by Crippen LogP contribution is -2.03. The van der Waals surface area contributed by atoms with E-state index in [0.717, 1.165) is 33.2 Å². The summed E-state index contributed by atoms with van der Waals surface area (Å²) < 4.78 is 5.89. The molecule has 0 aliphatic carbocycles. The maximum Gasteiger partial charge on any atom is 0.146 e. The van der Waals surface area contributed by atoms with Crippen molar-refractivity contribution >= 4 is 37.9 Å². The normalized spacial score (nSPS) is 11.2. The minimum atomic E-state index is 0.597. The van der Waals surface area contributed by atoms with E-state index in [1.807, 2.05) is 48.5 Å². The number of ether oxygens (including phenoxy) is 1. The smallest absolute Gasteiger partial charge is 0.146 e. The second kappa shape index (κ2) is 5.62. The van der Waals surface area contributed by atoms with Crippen LogP contribution in [0.15, 0.2) is 53.1 Å². The number of nitrogens with zero attached hydrogens (tertiary/aromatic N) is 4. The molecule has 0 unspecified atom stereocenters. The highest BCUT2D eigenvalue weighted by molar-refractivity contribution is 9.10. The Kier molecular flexibility index (Phi) is 3.46. The lowest BCUT2D eigenvalue weighted by Gasteiger charge is -2.02. The Morgan fingerprint density at radius 2 is 1.74 bits per heavy atom. The zero-order valence-corrected chi connectivity index (χ0v) is 14.0. The number of aromatic nitrogens is 4. The summed E-state index contributed by atoms with van der Waals surface area (Å²) in [6.45, 7) is 0.597. The van der Waals surface area contributed by atoms with Crippen LogP contribution in [0.2, 0.25) is 0 Å². The van der Waals surface area contributed by atoms with Crippen LogP contribution in [0.5, 0.6) is 5.75 Å². The maximum absolute atomic E-state index is 5.18. The van der Waals surface area contributed by atoms with Gasteiger partial charge in [0.15, 0.2) is 0 Å². The first kappa shape index (κ1) is 14.1. The van der Waals surface area contributed by atoms with Crippen LogP contribution >= 0.6 is 15.9 Å². The molecule has 0 N–H and O–H groups in total. The highest BCUT2D eigenvalue weighted by atomic mass is 79.9. The van der Waals surface area contributed by atoms with E-state index in [-0.39, 0.29) is 0 Å². The van der Waals surface area contributed by atoms with Crippen LogP contribution in [0.4, 0.5) is 0 Å². The molecule has 0 saturated heterocycles. The van der Waals surface area contributed by atoms with Crippen LogP contribution in [-0.2, 0) is 6.54 Å². The fourth-order valence-corrected chi connectivity index (χ4v) is 3.02. The summed E-state index contributed by atoms with van der Waals surface area (Å²) in [5.74, 6) is 0.838. The molecule has 0 amide bonds. The molecule has 114 valence electrons. The van der Waals surface area contributed by atoms with Gasteiger partial charge in [0.1, 0.15) is 21.4 Å². The zero-order chi connectivity index (χ0) is 15.8. The highest BCUT2D eigenvalue weighted by Gasteiger charge is 2.12. The molecule has 0 saturated carbocycles. The van der Waals surface area contributed by atoms with Gasteiger partial charge in [-0.3, -0.25) is 0 Å². The number of para-hydroxylation sites is 1.